The number of rotatable bonds is 4. The van der Waals surface area contributed by atoms with Crippen LogP contribution in [0.15, 0.2) is 36.7 Å². The maximum Gasteiger partial charge on any atom is 0.244 e. The van der Waals surface area contributed by atoms with E-state index in [4.69, 9.17) is 16.3 Å². The molecule has 1 aliphatic heterocycles. The van der Waals surface area contributed by atoms with Gasteiger partial charge in [0.1, 0.15) is 12.1 Å². The third-order valence-electron chi connectivity index (χ3n) is 4.22. The van der Waals surface area contributed by atoms with Gasteiger partial charge in [-0.05, 0) is 13.1 Å². The molecular weight excluding hydrogens is 363 g/mol. The van der Waals surface area contributed by atoms with Crippen LogP contribution in [0.25, 0.3) is 0 Å². The Balaban J connectivity index is 0.00000225. The van der Waals surface area contributed by atoms with E-state index in [1.54, 1.807) is 17.9 Å². The minimum Gasteiger partial charge on any atom is -0.370 e. The van der Waals surface area contributed by atoms with Gasteiger partial charge < -0.3 is 15.0 Å². The van der Waals surface area contributed by atoms with Crippen LogP contribution in [0.3, 0.4) is 0 Å². The summed E-state index contributed by atoms with van der Waals surface area (Å²) in [5, 5.41) is 7.90. The van der Waals surface area contributed by atoms with E-state index in [0.29, 0.717) is 24.7 Å². The molecule has 1 aromatic heterocycles. The number of hydrogen-bond donors (Lipinski definition) is 1. The molecule has 25 heavy (non-hydrogen) atoms. The van der Waals surface area contributed by atoms with Crippen molar-refractivity contribution in [2.75, 3.05) is 26.7 Å². The Hall–Kier alpha value is -1.60. The van der Waals surface area contributed by atoms with Gasteiger partial charge in [0.05, 0.1) is 19.3 Å². The number of aromatic nitrogens is 2. The molecule has 1 amide bonds. The molecule has 0 saturated carbocycles. The van der Waals surface area contributed by atoms with Crippen molar-refractivity contribution < 1.29 is 9.53 Å². The SMILES string of the molecule is CNC(C(=O)N1CCOC(c2ccccc2Cl)C1)c1cnn(C)c1.Cl. The molecule has 3 rings (SSSR count). The quantitative estimate of drug-likeness (QED) is 0.878. The minimum absolute atomic E-state index is 0. The molecule has 0 radical (unpaired) electrons. The number of benzene rings is 1. The number of aryl methyl sites for hydroxylation is 1. The zero-order valence-corrected chi connectivity index (χ0v) is 15.8. The van der Waals surface area contributed by atoms with Gasteiger partial charge in [-0.3, -0.25) is 9.48 Å². The van der Waals surface area contributed by atoms with Crippen molar-refractivity contribution in [1.29, 1.82) is 0 Å². The second-order valence-electron chi connectivity index (χ2n) is 5.83. The molecule has 0 aliphatic carbocycles. The van der Waals surface area contributed by atoms with Gasteiger partial charge in [0.15, 0.2) is 0 Å². The average molecular weight is 385 g/mol. The Bertz CT molecular complexity index is 722. The van der Waals surface area contributed by atoms with Crippen LogP contribution in [-0.2, 0) is 16.6 Å². The molecule has 1 N–H and O–H groups in total. The number of carbonyl (C=O) groups is 1. The second-order valence-corrected chi connectivity index (χ2v) is 6.24. The van der Waals surface area contributed by atoms with Gasteiger partial charge in [-0.2, -0.15) is 5.10 Å². The first-order valence-electron chi connectivity index (χ1n) is 7.90. The molecule has 1 aliphatic rings. The molecule has 1 aromatic carbocycles. The number of ether oxygens (including phenoxy) is 1. The molecular formula is C17H22Cl2N4O2. The zero-order chi connectivity index (χ0) is 17.1. The van der Waals surface area contributed by atoms with Crippen molar-refractivity contribution in [3.63, 3.8) is 0 Å². The normalized spacial score (nSPS) is 18.5. The lowest BCUT2D eigenvalue weighted by Gasteiger charge is -2.35. The van der Waals surface area contributed by atoms with Crippen LogP contribution in [-0.4, -0.2) is 47.3 Å². The summed E-state index contributed by atoms with van der Waals surface area (Å²) < 4.78 is 7.53. The highest BCUT2D eigenvalue weighted by molar-refractivity contribution is 6.31. The number of likely N-dealkylation sites (N-methyl/N-ethyl adjacent to an activating group) is 1. The summed E-state index contributed by atoms with van der Waals surface area (Å²) in [4.78, 5) is 14.8. The molecule has 0 spiro atoms. The number of halogens is 2. The number of amides is 1. The van der Waals surface area contributed by atoms with Gasteiger partial charge >= 0.3 is 0 Å². The predicted molar refractivity (Wildman–Crippen MR) is 99.0 cm³/mol. The van der Waals surface area contributed by atoms with E-state index in [9.17, 15) is 4.79 Å². The lowest BCUT2D eigenvalue weighted by Crippen LogP contribution is -2.46. The van der Waals surface area contributed by atoms with Crippen molar-refractivity contribution >= 4 is 29.9 Å². The van der Waals surface area contributed by atoms with Crippen molar-refractivity contribution in [2.45, 2.75) is 12.1 Å². The monoisotopic (exact) mass is 384 g/mol. The average Bonchev–Trinajstić information content (AvgIpc) is 3.02. The summed E-state index contributed by atoms with van der Waals surface area (Å²) in [5.74, 6) is 0.0193. The number of morpholine rings is 1. The predicted octanol–water partition coefficient (Wildman–Crippen LogP) is 2.36. The van der Waals surface area contributed by atoms with E-state index < -0.39 is 6.04 Å². The summed E-state index contributed by atoms with van der Waals surface area (Å²) in [6.07, 6.45) is 3.36. The lowest BCUT2D eigenvalue weighted by molar-refractivity contribution is -0.141. The first-order chi connectivity index (χ1) is 11.6. The van der Waals surface area contributed by atoms with Gasteiger partial charge in [0.25, 0.3) is 0 Å². The van der Waals surface area contributed by atoms with E-state index in [-0.39, 0.29) is 24.4 Å². The van der Waals surface area contributed by atoms with E-state index in [1.807, 2.05) is 42.4 Å². The molecule has 2 heterocycles. The standard InChI is InChI=1S/C17H21ClN4O2.ClH/c1-19-16(12-9-20-21(2)10-12)17(23)22-7-8-24-15(11-22)13-5-3-4-6-14(13)18;/h3-6,9-10,15-16,19H,7-8,11H2,1-2H3;1H. The molecule has 6 nitrogen and oxygen atoms in total. The summed E-state index contributed by atoms with van der Waals surface area (Å²) in [7, 11) is 3.62. The lowest BCUT2D eigenvalue weighted by atomic mass is 10.1. The fraction of sp³-hybridized carbons (Fsp3) is 0.412. The zero-order valence-electron chi connectivity index (χ0n) is 14.2. The Kier molecular flexibility index (Phi) is 6.84. The highest BCUT2D eigenvalue weighted by atomic mass is 35.5. The van der Waals surface area contributed by atoms with E-state index in [1.165, 1.54) is 0 Å². The molecule has 2 aromatic rings. The smallest absolute Gasteiger partial charge is 0.244 e. The molecule has 1 saturated heterocycles. The van der Waals surface area contributed by atoms with E-state index in [0.717, 1.165) is 11.1 Å². The number of nitrogens with zero attached hydrogens (tertiary/aromatic N) is 3. The summed E-state index contributed by atoms with van der Waals surface area (Å²) in [6, 6.07) is 7.18. The molecule has 1 fully saturated rings. The fourth-order valence-electron chi connectivity index (χ4n) is 2.98. The van der Waals surface area contributed by atoms with Crippen LogP contribution in [0.5, 0.6) is 0 Å². The van der Waals surface area contributed by atoms with Crippen LogP contribution in [0, 0.1) is 0 Å². The van der Waals surface area contributed by atoms with Crippen molar-refractivity contribution in [3.05, 3.63) is 52.8 Å². The maximum absolute atomic E-state index is 12.9. The van der Waals surface area contributed by atoms with Crippen molar-refractivity contribution in [2.24, 2.45) is 7.05 Å². The molecule has 8 heteroatoms. The first-order valence-corrected chi connectivity index (χ1v) is 8.28. The van der Waals surface area contributed by atoms with Crippen LogP contribution in [0.4, 0.5) is 0 Å². The third kappa shape index (κ3) is 4.33. The minimum atomic E-state index is -0.413. The van der Waals surface area contributed by atoms with Crippen LogP contribution >= 0.6 is 24.0 Å². The van der Waals surface area contributed by atoms with Crippen LogP contribution in [0.1, 0.15) is 23.3 Å². The Morgan fingerprint density at radius 3 is 2.84 bits per heavy atom. The van der Waals surface area contributed by atoms with Crippen molar-refractivity contribution in [1.82, 2.24) is 20.0 Å². The van der Waals surface area contributed by atoms with Crippen LogP contribution in [0.2, 0.25) is 5.02 Å². The Labute approximate surface area is 158 Å². The number of nitrogens with one attached hydrogen (secondary N) is 1. The highest BCUT2D eigenvalue weighted by Crippen LogP contribution is 2.29. The van der Waals surface area contributed by atoms with Gasteiger partial charge in [-0.1, -0.05) is 29.8 Å². The number of hydrogen-bond acceptors (Lipinski definition) is 4. The fourth-order valence-corrected chi connectivity index (χ4v) is 3.24. The first kappa shape index (κ1) is 19.7. The molecule has 0 bridgehead atoms. The number of carbonyl (C=O) groups excluding carboxylic acids is 1. The van der Waals surface area contributed by atoms with Gasteiger partial charge in [0, 0.05) is 35.9 Å². The van der Waals surface area contributed by atoms with Crippen LogP contribution < -0.4 is 5.32 Å². The maximum atomic E-state index is 12.9. The van der Waals surface area contributed by atoms with Gasteiger partial charge in [-0.15, -0.1) is 12.4 Å². The largest absolute Gasteiger partial charge is 0.370 e. The highest BCUT2D eigenvalue weighted by Gasteiger charge is 2.31. The van der Waals surface area contributed by atoms with E-state index >= 15 is 0 Å². The topological polar surface area (TPSA) is 59.4 Å². The van der Waals surface area contributed by atoms with Crippen molar-refractivity contribution in [3.8, 4) is 0 Å². The molecule has 2 atom stereocenters. The molecule has 2 unspecified atom stereocenters. The third-order valence-corrected chi connectivity index (χ3v) is 4.57. The molecule has 136 valence electrons. The van der Waals surface area contributed by atoms with Gasteiger partial charge in [-0.25, -0.2) is 0 Å². The second kappa shape index (κ2) is 8.67. The summed E-state index contributed by atoms with van der Waals surface area (Å²) in [5.41, 5.74) is 1.77. The van der Waals surface area contributed by atoms with E-state index in [2.05, 4.69) is 10.4 Å². The summed E-state index contributed by atoms with van der Waals surface area (Å²) >= 11 is 6.27. The Morgan fingerprint density at radius 1 is 1.44 bits per heavy atom. The van der Waals surface area contributed by atoms with Gasteiger partial charge in [0.2, 0.25) is 5.91 Å². The summed E-state index contributed by atoms with van der Waals surface area (Å²) in [6.45, 7) is 1.55. The Morgan fingerprint density at radius 2 is 2.20 bits per heavy atom.